The van der Waals surface area contributed by atoms with Crippen LogP contribution in [0.1, 0.15) is 11.1 Å². The minimum absolute atomic E-state index is 0.757. The molecule has 4 nitrogen and oxygen atoms in total. The molecular weight excluding hydrogens is 328 g/mol. The van der Waals surface area contributed by atoms with Gasteiger partial charge in [0.2, 0.25) is 0 Å². The normalized spacial score (nSPS) is 10.7. The zero-order chi connectivity index (χ0) is 14.5. The van der Waals surface area contributed by atoms with E-state index in [1.165, 1.54) is 5.56 Å². The monoisotopic (exact) mass is 342 g/mol. The second kappa shape index (κ2) is 6.65. The molecule has 0 aliphatic rings. The van der Waals surface area contributed by atoms with Gasteiger partial charge in [0.05, 0.1) is 11.9 Å². The smallest absolute Gasteiger partial charge is 0.0710 e. The number of aromatic amines is 1. The van der Waals surface area contributed by atoms with Gasteiger partial charge in [-0.25, -0.2) is 0 Å². The fourth-order valence-corrected chi connectivity index (χ4v) is 2.64. The fraction of sp³-hybridized carbons (Fsp3) is 0.125. The molecule has 0 fully saturated rings. The van der Waals surface area contributed by atoms with Crippen molar-refractivity contribution in [2.45, 2.75) is 13.1 Å². The highest BCUT2D eigenvalue weighted by Crippen LogP contribution is 2.19. The van der Waals surface area contributed by atoms with Crippen molar-refractivity contribution in [1.29, 1.82) is 0 Å². The van der Waals surface area contributed by atoms with Crippen LogP contribution in [-0.4, -0.2) is 15.2 Å². The average Bonchev–Trinajstić information content (AvgIpc) is 2.97. The molecule has 0 bridgehead atoms. The lowest BCUT2D eigenvalue weighted by atomic mass is 10.1. The lowest BCUT2D eigenvalue weighted by molar-refractivity contribution is 0.694. The summed E-state index contributed by atoms with van der Waals surface area (Å²) in [5.74, 6) is 0. The average molecular weight is 343 g/mol. The molecule has 3 rings (SSSR count). The molecule has 0 radical (unpaired) electrons. The lowest BCUT2D eigenvalue weighted by Gasteiger charge is -2.06. The molecule has 1 aromatic carbocycles. The molecule has 5 heteroatoms. The lowest BCUT2D eigenvalue weighted by Crippen LogP contribution is -2.12. The van der Waals surface area contributed by atoms with E-state index in [1.807, 2.05) is 36.7 Å². The van der Waals surface area contributed by atoms with Crippen molar-refractivity contribution in [1.82, 2.24) is 20.5 Å². The minimum Gasteiger partial charge on any atom is -0.308 e. The third kappa shape index (κ3) is 3.56. The van der Waals surface area contributed by atoms with Gasteiger partial charge in [0.25, 0.3) is 0 Å². The van der Waals surface area contributed by atoms with Crippen molar-refractivity contribution >= 4 is 15.9 Å². The zero-order valence-corrected chi connectivity index (χ0v) is 13.0. The molecule has 106 valence electrons. The Morgan fingerprint density at radius 2 is 2.05 bits per heavy atom. The van der Waals surface area contributed by atoms with E-state index in [-0.39, 0.29) is 0 Å². The first-order valence-corrected chi connectivity index (χ1v) is 7.50. The van der Waals surface area contributed by atoms with Crippen LogP contribution in [0.4, 0.5) is 0 Å². The highest BCUT2D eigenvalue weighted by atomic mass is 79.9. The number of hydrogen-bond acceptors (Lipinski definition) is 3. The number of nitrogens with zero attached hydrogens (tertiary/aromatic N) is 2. The number of hydrogen-bond donors (Lipinski definition) is 2. The zero-order valence-electron chi connectivity index (χ0n) is 11.4. The van der Waals surface area contributed by atoms with Crippen LogP contribution in [0.15, 0.2) is 59.5 Å². The SMILES string of the molecule is Brc1cccc(CNCc2cn[nH]c2-c2cccnc2)c1. The predicted molar refractivity (Wildman–Crippen MR) is 86.5 cm³/mol. The van der Waals surface area contributed by atoms with E-state index in [0.29, 0.717) is 0 Å². The Balaban J connectivity index is 1.66. The van der Waals surface area contributed by atoms with Crippen molar-refractivity contribution < 1.29 is 0 Å². The summed E-state index contributed by atoms with van der Waals surface area (Å²) >= 11 is 3.49. The molecule has 0 amide bonds. The number of halogens is 1. The van der Waals surface area contributed by atoms with Crippen LogP contribution in [0.3, 0.4) is 0 Å². The van der Waals surface area contributed by atoms with Gasteiger partial charge < -0.3 is 5.32 Å². The van der Waals surface area contributed by atoms with E-state index in [0.717, 1.165) is 34.4 Å². The molecular formula is C16H15BrN4. The van der Waals surface area contributed by atoms with E-state index >= 15 is 0 Å². The fourth-order valence-electron chi connectivity index (χ4n) is 2.19. The molecule has 0 saturated heterocycles. The molecule has 3 aromatic rings. The predicted octanol–water partition coefficient (Wildman–Crippen LogP) is 3.52. The van der Waals surface area contributed by atoms with E-state index in [1.54, 1.807) is 6.20 Å². The van der Waals surface area contributed by atoms with Crippen LogP contribution in [0.2, 0.25) is 0 Å². The van der Waals surface area contributed by atoms with E-state index in [4.69, 9.17) is 0 Å². The Labute approximate surface area is 131 Å². The summed E-state index contributed by atoms with van der Waals surface area (Å²) in [5.41, 5.74) is 4.45. The van der Waals surface area contributed by atoms with Gasteiger partial charge in [-0.3, -0.25) is 10.1 Å². The third-order valence-corrected chi connectivity index (χ3v) is 3.69. The first kappa shape index (κ1) is 14.0. The number of nitrogens with one attached hydrogen (secondary N) is 2. The van der Waals surface area contributed by atoms with Gasteiger partial charge in [0.1, 0.15) is 0 Å². The summed E-state index contributed by atoms with van der Waals surface area (Å²) in [6, 6.07) is 12.2. The summed E-state index contributed by atoms with van der Waals surface area (Å²) < 4.78 is 1.10. The largest absolute Gasteiger partial charge is 0.308 e. The second-order valence-electron chi connectivity index (χ2n) is 4.75. The molecule has 0 saturated carbocycles. The van der Waals surface area contributed by atoms with Crippen LogP contribution in [-0.2, 0) is 13.1 Å². The Hall–Kier alpha value is -1.98. The molecule has 0 spiro atoms. The van der Waals surface area contributed by atoms with Gasteiger partial charge in [-0.1, -0.05) is 28.1 Å². The molecule has 0 aliphatic heterocycles. The quantitative estimate of drug-likeness (QED) is 0.745. The molecule has 0 atom stereocenters. The second-order valence-corrected chi connectivity index (χ2v) is 5.66. The van der Waals surface area contributed by atoms with Gasteiger partial charge in [0, 0.05) is 41.1 Å². The summed E-state index contributed by atoms with van der Waals surface area (Å²) in [6.45, 7) is 1.57. The highest BCUT2D eigenvalue weighted by Gasteiger charge is 2.07. The van der Waals surface area contributed by atoms with Crippen molar-refractivity contribution in [3.8, 4) is 11.3 Å². The summed E-state index contributed by atoms with van der Waals surface area (Å²) in [4.78, 5) is 4.15. The molecule has 21 heavy (non-hydrogen) atoms. The van der Waals surface area contributed by atoms with Gasteiger partial charge in [0.15, 0.2) is 0 Å². The molecule has 0 aliphatic carbocycles. The summed E-state index contributed by atoms with van der Waals surface area (Å²) in [5, 5.41) is 10.6. The third-order valence-electron chi connectivity index (χ3n) is 3.20. The van der Waals surface area contributed by atoms with E-state index in [2.05, 4.69) is 48.6 Å². The number of benzene rings is 1. The van der Waals surface area contributed by atoms with Gasteiger partial charge in [-0.05, 0) is 29.8 Å². The van der Waals surface area contributed by atoms with Crippen LogP contribution < -0.4 is 5.32 Å². The van der Waals surface area contributed by atoms with Crippen molar-refractivity contribution in [3.05, 3.63) is 70.6 Å². The number of H-pyrrole nitrogens is 1. The molecule has 2 heterocycles. The van der Waals surface area contributed by atoms with Crippen LogP contribution in [0.5, 0.6) is 0 Å². The first-order valence-electron chi connectivity index (χ1n) is 6.71. The number of rotatable bonds is 5. The van der Waals surface area contributed by atoms with E-state index in [9.17, 15) is 0 Å². The van der Waals surface area contributed by atoms with E-state index < -0.39 is 0 Å². The van der Waals surface area contributed by atoms with Crippen molar-refractivity contribution in [2.24, 2.45) is 0 Å². The standard InChI is InChI=1S/C16H15BrN4/c17-15-5-1-3-12(7-15)8-19-10-14-11-20-21-16(14)13-4-2-6-18-9-13/h1-7,9,11,19H,8,10H2,(H,20,21). The Morgan fingerprint density at radius 3 is 2.86 bits per heavy atom. The topological polar surface area (TPSA) is 53.6 Å². The maximum absolute atomic E-state index is 4.15. The highest BCUT2D eigenvalue weighted by molar-refractivity contribution is 9.10. The van der Waals surface area contributed by atoms with Gasteiger partial charge in [-0.2, -0.15) is 5.10 Å². The molecule has 0 unspecified atom stereocenters. The Kier molecular flexibility index (Phi) is 4.43. The van der Waals surface area contributed by atoms with Gasteiger partial charge in [-0.15, -0.1) is 0 Å². The molecule has 2 N–H and O–H groups in total. The molecule has 2 aromatic heterocycles. The van der Waals surface area contributed by atoms with Gasteiger partial charge >= 0.3 is 0 Å². The van der Waals surface area contributed by atoms with Crippen molar-refractivity contribution in [3.63, 3.8) is 0 Å². The van der Waals surface area contributed by atoms with Crippen LogP contribution in [0, 0.1) is 0 Å². The van der Waals surface area contributed by atoms with Crippen LogP contribution in [0.25, 0.3) is 11.3 Å². The Bertz CT molecular complexity index is 709. The minimum atomic E-state index is 0.757. The van der Waals surface area contributed by atoms with Crippen molar-refractivity contribution in [2.75, 3.05) is 0 Å². The number of aromatic nitrogens is 3. The first-order chi connectivity index (χ1) is 10.3. The maximum atomic E-state index is 4.15. The number of pyridine rings is 1. The Morgan fingerprint density at radius 1 is 1.10 bits per heavy atom. The maximum Gasteiger partial charge on any atom is 0.0710 e. The summed E-state index contributed by atoms with van der Waals surface area (Å²) in [7, 11) is 0. The summed E-state index contributed by atoms with van der Waals surface area (Å²) in [6.07, 6.45) is 5.46. The van der Waals surface area contributed by atoms with Crippen LogP contribution >= 0.6 is 15.9 Å².